The van der Waals surface area contributed by atoms with E-state index in [0.29, 0.717) is 6.54 Å². The van der Waals surface area contributed by atoms with Crippen LogP contribution in [-0.4, -0.2) is 65.4 Å². The number of carbonyl (C=O) groups is 1. The quantitative estimate of drug-likeness (QED) is 0.840. The Morgan fingerprint density at radius 2 is 2.10 bits per heavy atom. The van der Waals surface area contributed by atoms with Crippen LogP contribution >= 0.6 is 0 Å². The molecule has 0 atom stereocenters. The van der Waals surface area contributed by atoms with Gasteiger partial charge in [-0.1, -0.05) is 0 Å². The van der Waals surface area contributed by atoms with Gasteiger partial charge in [0, 0.05) is 31.9 Å². The highest BCUT2D eigenvalue weighted by Crippen LogP contribution is 2.17. The second-order valence-corrected chi connectivity index (χ2v) is 5.07. The smallest absolute Gasteiger partial charge is 0.335 e. The standard InChI is InChI=1S/C14H21N3O3/c1-11-9-12(14(19)20)10-13(15-11)17-4-2-3-16(5-6-17)7-8-18/h9-10,18H,2-8H2,1H3,(H,19,20). The summed E-state index contributed by atoms with van der Waals surface area (Å²) < 4.78 is 0. The number of anilines is 1. The topological polar surface area (TPSA) is 76.9 Å². The molecule has 2 N–H and O–H groups in total. The predicted octanol–water partition coefficient (Wildman–Crippen LogP) is 0.593. The molecule has 1 aliphatic rings. The maximum atomic E-state index is 11.1. The van der Waals surface area contributed by atoms with E-state index in [9.17, 15) is 4.79 Å². The first kappa shape index (κ1) is 14.7. The number of hydrogen-bond acceptors (Lipinski definition) is 5. The molecule has 6 heteroatoms. The van der Waals surface area contributed by atoms with E-state index in [2.05, 4.69) is 14.8 Å². The number of rotatable bonds is 4. The lowest BCUT2D eigenvalue weighted by atomic mass is 10.2. The molecule has 0 radical (unpaired) electrons. The van der Waals surface area contributed by atoms with Crippen LogP contribution in [-0.2, 0) is 0 Å². The number of carboxylic acid groups (broad SMARTS) is 1. The number of nitrogens with zero attached hydrogens (tertiary/aromatic N) is 3. The molecule has 1 aromatic rings. The van der Waals surface area contributed by atoms with Gasteiger partial charge in [0.05, 0.1) is 12.2 Å². The molecule has 0 spiro atoms. The van der Waals surface area contributed by atoms with Crippen LogP contribution in [0.5, 0.6) is 0 Å². The van der Waals surface area contributed by atoms with Crippen LogP contribution in [0, 0.1) is 6.92 Å². The number of pyridine rings is 1. The summed E-state index contributed by atoms with van der Waals surface area (Å²) in [5.74, 6) is -0.193. The zero-order valence-corrected chi connectivity index (χ0v) is 11.7. The van der Waals surface area contributed by atoms with Crippen molar-refractivity contribution in [2.24, 2.45) is 0 Å². The normalized spacial score (nSPS) is 17.0. The van der Waals surface area contributed by atoms with Gasteiger partial charge in [-0.05, 0) is 32.0 Å². The summed E-state index contributed by atoms with van der Waals surface area (Å²) in [6.07, 6.45) is 0.984. The van der Waals surface area contributed by atoms with Crippen molar-refractivity contribution in [1.82, 2.24) is 9.88 Å². The van der Waals surface area contributed by atoms with Gasteiger partial charge in [0.15, 0.2) is 0 Å². The minimum absolute atomic E-state index is 0.172. The summed E-state index contributed by atoms with van der Waals surface area (Å²) in [5.41, 5.74) is 1.00. The van der Waals surface area contributed by atoms with Crippen molar-refractivity contribution in [3.8, 4) is 0 Å². The first-order valence-corrected chi connectivity index (χ1v) is 6.90. The van der Waals surface area contributed by atoms with Crippen molar-refractivity contribution in [3.63, 3.8) is 0 Å². The van der Waals surface area contributed by atoms with Crippen molar-refractivity contribution in [3.05, 3.63) is 23.4 Å². The fourth-order valence-electron chi connectivity index (χ4n) is 2.50. The van der Waals surface area contributed by atoms with E-state index in [-0.39, 0.29) is 12.2 Å². The summed E-state index contributed by atoms with van der Waals surface area (Å²) in [4.78, 5) is 19.9. The van der Waals surface area contributed by atoms with Crippen molar-refractivity contribution in [1.29, 1.82) is 0 Å². The first-order valence-electron chi connectivity index (χ1n) is 6.90. The van der Waals surface area contributed by atoms with Gasteiger partial charge in [-0.3, -0.25) is 4.90 Å². The van der Waals surface area contributed by atoms with Gasteiger partial charge >= 0.3 is 5.97 Å². The van der Waals surface area contributed by atoms with Crippen molar-refractivity contribution < 1.29 is 15.0 Å². The molecule has 1 aliphatic heterocycles. The molecule has 0 aromatic carbocycles. The summed E-state index contributed by atoms with van der Waals surface area (Å²) in [6, 6.07) is 3.22. The third kappa shape index (κ3) is 3.68. The Bertz CT molecular complexity index is 479. The van der Waals surface area contributed by atoms with E-state index in [1.165, 1.54) is 0 Å². The van der Waals surface area contributed by atoms with E-state index in [1.54, 1.807) is 12.1 Å². The van der Waals surface area contributed by atoms with E-state index in [0.717, 1.165) is 44.1 Å². The van der Waals surface area contributed by atoms with E-state index < -0.39 is 5.97 Å². The maximum absolute atomic E-state index is 11.1. The van der Waals surface area contributed by atoms with E-state index in [1.807, 2.05) is 6.92 Å². The molecule has 2 rings (SSSR count). The summed E-state index contributed by atoms with van der Waals surface area (Å²) >= 11 is 0. The lowest BCUT2D eigenvalue weighted by Gasteiger charge is -2.23. The second kappa shape index (κ2) is 6.67. The Morgan fingerprint density at radius 3 is 2.80 bits per heavy atom. The van der Waals surface area contributed by atoms with Crippen molar-refractivity contribution in [2.75, 3.05) is 44.2 Å². The fraction of sp³-hybridized carbons (Fsp3) is 0.571. The maximum Gasteiger partial charge on any atom is 0.335 e. The molecule has 6 nitrogen and oxygen atoms in total. The van der Waals surface area contributed by atoms with Crippen molar-refractivity contribution in [2.45, 2.75) is 13.3 Å². The Morgan fingerprint density at radius 1 is 1.30 bits per heavy atom. The highest BCUT2D eigenvalue weighted by Gasteiger charge is 2.17. The molecule has 0 saturated carbocycles. The molecular formula is C14H21N3O3. The fourth-order valence-corrected chi connectivity index (χ4v) is 2.50. The molecule has 110 valence electrons. The lowest BCUT2D eigenvalue weighted by Crippen LogP contribution is -2.32. The largest absolute Gasteiger partial charge is 0.478 e. The molecule has 20 heavy (non-hydrogen) atoms. The molecule has 1 aromatic heterocycles. The molecule has 0 bridgehead atoms. The Labute approximate surface area is 118 Å². The van der Waals surface area contributed by atoms with Crippen molar-refractivity contribution >= 4 is 11.8 Å². The van der Waals surface area contributed by atoms with Gasteiger partial charge in [0.2, 0.25) is 0 Å². The number of aromatic carboxylic acids is 1. The molecule has 2 heterocycles. The Balaban J connectivity index is 2.13. The number of aromatic nitrogens is 1. The van der Waals surface area contributed by atoms with Gasteiger partial charge in [-0.2, -0.15) is 0 Å². The van der Waals surface area contributed by atoms with Gasteiger partial charge < -0.3 is 15.1 Å². The zero-order chi connectivity index (χ0) is 14.5. The van der Waals surface area contributed by atoms with E-state index in [4.69, 9.17) is 10.2 Å². The SMILES string of the molecule is Cc1cc(C(=O)O)cc(N2CCCN(CCO)CC2)n1. The minimum Gasteiger partial charge on any atom is -0.478 e. The van der Waals surface area contributed by atoms with E-state index >= 15 is 0 Å². The van der Waals surface area contributed by atoms with Crippen LogP contribution < -0.4 is 4.90 Å². The first-order chi connectivity index (χ1) is 9.60. The number of aryl methyl sites for hydroxylation is 1. The molecule has 0 aliphatic carbocycles. The number of carboxylic acids is 1. The third-order valence-electron chi connectivity index (χ3n) is 3.52. The van der Waals surface area contributed by atoms with Crippen LogP contribution in [0.1, 0.15) is 22.5 Å². The molecule has 0 amide bonds. The highest BCUT2D eigenvalue weighted by atomic mass is 16.4. The molecule has 1 fully saturated rings. The molecule has 0 unspecified atom stereocenters. The minimum atomic E-state index is -0.923. The predicted molar refractivity (Wildman–Crippen MR) is 76.3 cm³/mol. The number of hydrogen-bond donors (Lipinski definition) is 2. The average molecular weight is 279 g/mol. The third-order valence-corrected chi connectivity index (χ3v) is 3.52. The molecular weight excluding hydrogens is 258 g/mol. The monoisotopic (exact) mass is 279 g/mol. The average Bonchev–Trinajstić information content (AvgIpc) is 2.64. The molecule has 1 saturated heterocycles. The summed E-state index contributed by atoms with van der Waals surface area (Å²) in [6.45, 7) is 6.15. The number of aliphatic hydroxyl groups excluding tert-OH is 1. The number of aliphatic hydroxyl groups is 1. The zero-order valence-electron chi connectivity index (χ0n) is 11.7. The van der Waals surface area contributed by atoms with Crippen LogP contribution in [0.3, 0.4) is 0 Å². The van der Waals surface area contributed by atoms with Gasteiger partial charge in [0.25, 0.3) is 0 Å². The lowest BCUT2D eigenvalue weighted by molar-refractivity contribution is 0.0696. The Hall–Kier alpha value is -1.66. The highest BCUT2D eigenvalue weighted by molar-refractivity contribution is 5.88. The van der Waals surface area contributed by atoms with Crippen LogP contribution in [0.4, 0.5) is 5.82 Å². The van der Waals surface area contributed by atoms with Gasteiger partial charge in [0.1, 0.15) is 5.82 Å². The second-order valence-electron chi connectivity index (χ2n) is 5.07. The number of β-amino-alcohol motifs (C(OH)–C–C–N with tert-alkyl or cyclic N) is 1. The summed E-state index contributed by atoms with van der Waals surface area (Å²) in [5, 5.41) is 18.1. The van der Waals surface area contributed by atoms with Gasteiger partial charge in [-0.25, -0.2) is 9.78 Å². The van der Waals surface area contributed by atoms with Crippen LogP contribution in [0.15, 0.2) is 12.1 Å². The van der Waals surface area contributed by atoms with Crippen LogP contribution in [0.2, 0.25) is 0 Å². The Kier molecular flexibility index (Phi) is 4.92. The van der Waals surface area contributed by atoms with Gasteiger partial charge in [-0.15, -0.1) is 0 Å². The summed E-state index contributed by atoms with van der Waals surface area (Å²) in [7, 11) is 0. The van der Waals surface area contributed by atoms with Crippen LogP contribution in [0.25, 0.3) is 0 Å².